The molecular formula is C15H13F5O. The van der Waals surface area contributed by atoms with Crippen LogP contribution in [0.3, 0.4) is 0 Å². The third-order valence-electron chi connectivity index (χ3n) is 2.59. The zero-order valence-electron chi connectivity index (χ0n) is 10.3. The van der Waals surface area contributed by atoms with Gasteiger partial charge in [0.1, 0.15) is 5.75 Å². The van der Waals surface area contributed by atoms with Crippen LogP contribution in [0, 0.1) is 24.4 Å². The lowest BCUT2D eigenvalue weighted by Crippen LogP contribution is -2.22. The van der Waals surface area contributed by atoms with Gasteiger partial charge in [0.05, 0.1) is 5.56 Å². The molecule has 0 spiro atoms. The first-order valence-electron chi connectivity index (χ1n) is 5.58. The van der Waals surface area contributed by atoms with E-state index in [9.17, 15) is 22.0 Å². The van der Waals surface area contributed by atoms with Crippen molar-refractivity contribution >= 4 is 0 Å². The predicted octanol–water partition coefficient (Wildman–Crippen LogP) is 5.18. The summed E-state index contributed by atoms with van der Waals surface area (Å²) in [4.78, 5) is 0. The fourth-order valence-corrected chi connectivity index (χ4v) is 1.55. The molecule has 0 radical (unpaired) electrons. The van der Waals surface area contributed by atoms with E-state index in [1.807, 2.05) is 0 Å². The maximum Gasteiger partial charge on any atom is 0.426 e. The number of rotatable bonds is 3. The number of hydrogen-bond acceptors (Lipinski definition) is 1. The van der Waals surface area contributed by atoms with Crippen molar-refractivity contribution in [2.24, 2.45) is 0 Å². The molecule has 0 fully saturated rings. The summed E-state index contributed by atoms with van der Waals surface area (Å²) in [6, 6.07) is 5.87. The third-order valence-corrected chi connectivity index (χ3v) is 2.59. The second-order valence-electron chi connectivity index (χ2n) is 4.19. The Labute approximate surface area is 119 Å². The number of halogens is 5. The molecule has 6 heteroatoms. The maximum atomic E-state index is 13.8. The van der Waals surface area contributed by atoms with Crippen LogP contribution in [0.2, 0.25) is 0 Å². The zero-order valence-corrected chi connectivity index (χ0v) is 10.3. The number of alkyl halides is 2. The van der Waals surface area contributed by atoms with Gasteiger partial charge >= 0.3 is 6.11 Å². The summed E-state index contributed by atoms with van der Waals surface area (Å²) in [6.45, 7) is 1.72. The fourth-order valence-electron chi connectivity index (χ4n) is 1.55. The Bertz CT molecular complexity index is 599. The van der Waals surface area contributed by atoms with Gasteiger partial charge < -0.3 is 4.74 Å². The van der Waals surface area contributed by atoms with Crippen LogP contribution < -0.4 is 4.74 Å². The molecule has 21 heavy (non-hydrogen) atoms. The van der Waals surface area contributed by atoms with Crippen LogP contribution >= 0.6 is 0 Å². The standard InChI is InChI=1S/C14H9F5O.CH4/c1-8-2-4-9(5-3-8)14(18,19)20-10-6-11(15)13(17)12(16)7-10;/h2-7H,1H3;1H4. The second-order valence-corrected chi connectivity index (χ2v) is 4.19. The lowest BCUT2D eigenvalue weighted by atomic mass is 10.1. The van der Waals surface area contributed by atoms with Gasteiger partial charge in [-0.2, -0.15) is 8.78 Å². The van der Waals surface area contributed by atoms with Crippen LogP contribution in [0.4, 0.5) is 22.0 Å². The van der Waals surface area contributed by atoms with Crippen molar-refractivity contribution in [2.75, 3.05) is 0 Å². The summed E-state index contributed by atoms with van der Waals surface area (Å²) in [7, 11) is 0. The molecule has 0 aromatic heterocycles. The van der Waals surface area contributed by atoms with Crippen molar-refractivity contribution in [3.05, 3.63) is 65.0 Å². The van der Waals surface area contributed by atoms with E-state index in [2.05, 4.69) is 4.74 Å². The van der Waals surface area contributed by atoms with Crippen molar-refractivity contribution in [1.82, 2.24) is 0 Å². The molecule has 0 aliphatic rings. The van der Waals surface area contributed by atoms with E-state index in [4.69, 9.17) is 0 Å². The molecule has 1 nitrogen and oxygen atoms in total. The molecule has 0 N–H and O–H groups in total. The summed E-state index contributed by atoms with van der Waals surface area (Å²) in [5.74, 6) is -5.73. The molecule has 0 atom stereocenters. The molecule has 0 bridgehead atoms. The molecule has 114 valence electrons. The fraction of sp³-hybridized carbons (Fsp3) is 0.200. The highest BCUT2D eigenvalue weighted by Gasteiger charge is 2.35. The first-order chi connectivity index (χ1) is 9.29. The van der Waals surface area contributed by atoms with Gasteiger partial charge in [-0.1, -0.05) is 25.1 Å². The molecule has 0 heterocycles. The first kappa shape index (κ1) is 16.9. The van der Waals surface area contributed by atoms with Crippen LogP contribution in [-0.2, 0) is 6.11 Å². The summed E-state index contributed by atoms with van der Waals surface area (Å²) in [5, 5.41) is 0. The van der Waals surface area contributed by atoms with Gasteiger partial charge in [-0.05, 0) is 19.1 Å². The minimum absolute atomic E-state index is 0. The van der Waals surface area contributed by atoms with E-state index in [0.717, 1.165) is 17.7 Å². The third kappa shape index (κ3) is 3.71. The molecular weight excluding hydrogens is 291 g/mol. The Kier molecular flexibility index (Phi) is 4.93. The minimum Gasteiger partial charge on any atom is -0.429 e. The van der Waals surface area contributed by atoms with Crippen molar-refractivity contribution in [1.29, 1.82) is 0 Å². The molecule has 2 aromatic carbocycles. The normalized spacial score (nSPS) is 11.0. The van der Waals surface area contributed by atoms with Crippen molar-refractivity contribution in [2.45, 2.75) is 20.5 Å². The summed E-state index contributed by atoms with van der Waals surface area (Å²) < 4.78 is 70.4. The van der Waals surface area contributed by atoms with E-state index in [1.54, 1.807) is 6.92 Å². The van der Waals surface area contributed by atoms with Gasteiger partial charge in [0, 0.05) is 12.1 Å². The monoisotopic (exact) mass is 304 g/mol. The predicted molar refractivity (Wildman–Crippen MR) is 68.7 cm³/mol. The minimum atomic E-state index is -3.79. The van der Waals surface area contributed by atoms with E-state index in [0.29, 0.717) is 12.1 Å². The Balaban J connectivity index is 0.00000220. The highest BCUT2D eigenvalue weighted by Crippen LogP contribution is 2.32. The first-order valence-corrected chi connectivity index (χ1v) is 5.58. The topological polar surface area (TPSA) is 9.23 Å². The Hall–Kier alpha value is -2.11. The summed E-state index contributed by atoms with van der Waals surface area (Å²) >= 11 is 0. The van der Waals surface area contributed by atoms with Gasteiger partial charge in [-0.3, -0.25) is 0 Å². The van der Waals surface area contributed by atoms with Crippen LogP contribution in [0.5, 0.6) is 5.75 Å². The lowest BCUT2D eigenvalue weighted by molar-refractivity contribution is -0.185. The SMILES string of the molecule is C.Cc1ccc(C(F)(F)Oc2cc(F)c(F)c(F)c2)cc1. The van der Waals surface area contributed by atoms with Gasteiger partial charge in [0.15, 0.2) is 17.5 Å². The van der Waals surface area contributed by atoms with Gasteiger partial charge in [-0.15, -0.1) is 0 Å². The van der Waals surface area contributed by atoms with E-state index < -0.39 is 34.9 Å². The molecule has 0 amide bonds. The van der Waals surface area contributed by atoms with Crippen LogP contribution in [0.25, 0.3) is 0 Å². The Morgan fingerprint density at radius 3 is 1.86 bits per heavy atom. The lowest BCUT2D eigenvalue weighted by Gasteiger charge is -2.18. The van der Waals surface area contributed by atoms with Crippen LogP contribution in [0.1, 0.15) is 18.6 Å². The average Bonchev–Trinajstić information content (AvgIpc) is 2.36. The van der Waals surface area contributed by atoms with Gasteiger partial charge in [-0.25, -0.2) is 13.2 Å². The molecule has 0 aliphatic carbocycles. The summed E-state index contributed by atoms with van der Waals surface area (Å²) in [6.07, 6.45) is -3.79. The number of benzene rings is 2. The molecule has 2 rings (SSSR count). The molecule has 0 aliphatic heterocycles. The van der Waals surface area contributed by atoms with Crippen LogP contribution in [-0.4, -0.2) is 0 Å². The van der Waals surface area contributed by atoms with Crippen molar-refractivity contribution in [3.63, 3.8) is 0 Å². The molecule has 0 unspecified atom stereocenters. The zero-order chi connectivity index (χ0) is 14.9. The quantitative estimate of drug-likeness (QED) is 0.561. The largest absolute Gasteiger partial charge is 0.429 e. The smallest absolute Gasteiger partial charge is 0.426 e. The maximum absolute atomic E-state index is 13.8. The average molecular weight is 304 g/mol. The Morgan fingerprint density at radius 1 is 0.905 bits per heavy atom. The Morgan fingerprint density at radius 2 is 1.38 bits per heavy atom. The number of ether oxygens (including phenoxy) is 1. The second kappa shape index (κ2) is 6.11. The van der Waals surface area contributed by atoms with E-state index >= 15 is 0 Å². The molecule has 2 aromatic rings. The number of hydrogen-bond donors (Lipinski definition) is 0. The summed E-state index contributed by atoms with van der Waals surface area (Å²) in [5.41, 5.74) is 0.289. The van der Waals surface area contributed by atoms with E-state index in [-0.39, 0.29) is 7.43 Å². The van der Waals surface area contributed by atoms with Crippen molar-refractivity contribution in [3.8, 4) is 5.75 Å². The molecule has 0 saturated heterocycles. The molecule has 0 saturated carbocycles. The highest BCUT2D eigenvalue weighted by molar-refractivity contribution is 5.28. The van der Waals surface area contributed by atoms with Crippen molar-refractivity contribution < 1.29 is 26.7 Å². The van der Waals surface area contributed by atoms with Gasteiger partial charge in [0.25, 0.3) is 0 Å². The van der Waals surface area contributed by atoms with E-state index in [1.165, 1.54) is 12.1 Å². The number of aryl methyl sites for hydroxylation is 1. The highest BCUT2D eigenvalue weighted by atomic mass is 19.3. The van der Waals surface area contributed by atoms with Crippen LogP contribution in [0.15, 0.2) is 36.4 Å². The van der Waals surface area contributed by atoms with Gasteiger partial charge in [0.2, 0.25) is 0 Å².